The van der Waals surface area contributed by atoms with Gasteiger partial charge in [0.05, 0.1) is 48.3 Å². The van der Waals surface area contributed by atoms with Crippen molar-refractivity contribution in [1.82, 2.24) is 4.90 Å². The first-order chi connectivity index (χ1) is 22.9. The monoisotopic (exact) mass is 668 g/mol. The quantitative estimate of drug-likeness (QED) is 0.272. The minimum Gasteiger partial charge on any atom is -0.461 e. The highest BCUT2D eigenvalue weighted by molar-refractivity contribution is 6.22. The van der Waals surface area contributed by atoms with Crippen LogP contribution < -0.4 is 4.90 Å². The number of hydrogen-bond acceptors (Lipinski definition) is 11. The van der Waals surface area contributed by atoms with E-state index in [0.717, 1.165) is 4.90 Å². The molecule has 2 heterocycles. The van der Waals surface area contributed by atoms with E-state index in [1.54, 1.807) is 52.5 Å². The van der Waals surface area contributed by atoms with Crippen molar-refractivity contribution in [2.24, 2.45) is 40.4 Å². The number of aliphatic hydroxyl groups excluding tert-OH is 1. The maximum absolute atomic E-state index is 14.0. The zero-order valence-corrected chi connectivity index (χ0v) is 28.3. The molecule has 8 rings (SSSR count). The summed E-state index contributed by atoms with van der Waals surface area (Å²) in [5.41, 5.74) is -4.53. The summed E-state index contributed by atoms with van der Waals surface area (Å²) in [5, 5.41) is 38.0. The second kappa shape index (κ2) is 10.8. The van der Waals surface area contributed by atoms with Gasteiger partial charge in [0.2, 0.25) is 11.8 Å². The van der Waals surface area contributed by atoms with Gasteiger partial charge in [-0.05, 0) is 43.9 Å². The molecule has 0 unspecified atom stereocenters. The Hall–Kier alpha value is -2.45. The molecule has 1 aromatic rings. The minimum absolute atomic E-state index is 0.00294. The van der Waals surface area contributed by atoms with Crippen LogP contribution in [0.25, 0.3) is 0 Å². The van der Waals surface area contributed by atoms with Crippen LogP contribution in [0.5, 0.6) is 0 Å². The van der Waals surface area contributed by atoms with Crippen molar-refractivity contribution >= 4 is 23.5 Å². The normalized spacial score (nSPS) is 48.7. The Morgan fingerprint density at radius 3 is 2.48 bits per heavy atom. The number of esters is 1. The molecular weight excluding hydrogens is 620 g/mol. The Kier molecular flexibility index (Phi) is 7.35. The smallest absolute Gasteiger partial charge is 0.340 e. The SMILES string of the molecule is CCN1C[C@]2(COC(=O)c3ccccc3N3C(=O)C[C@H](C)C3=O)CC[C@H](OC)[C@@]34[C@@H]5C[C@H]6[C@H](O)[C@@H]5[C@](O)(C[C@@H]6OC)[C@](O)([C@@H](OC)[C@H]23)[C@@H]14. The number of fused-ring (bicyclic) bond motifs is 2. The van der Waals surface area contributed by atoms with Crippen molar-refractivity contribution in [3.05, 3.63) is 29.8 Å². The number of carbonyl (C=O) groups excluding carboxylic acids is 3. The van der Waals surface area contributed by atoms with Crippen molar-refractivity contribution in [3.8, 4) is 0 Å². The van der Waals surface area contributed by atoms with Gasteiger partial charge in [0.25, 0.3) is 0 Å². The summed E-state index contributed by atoms with van der Waals surface area (Å²) >= 11 is 0. The van der Waals surface area contributed by atoms with Gasteiger partial charge in [-0.2, -0.15) is 0 Å². The van der Waals surface area contributed by atoms with E-state index in [9.17, 15) is 29.7 Å². The van der Waals surface area contributed by atoms with Crippen LogP contribution >= 0.6 is 0 Å². The third kappa shape index (κ3) is 3.62. The van der Waals surface area contributed by atoms with E-state index in [-0.39, 0.29) is 66.4 Å². The summed E-state index contributed by atoms with van der Waals surface area (Å²) in [6, 6.07) is 6.01. The van der Waals surface area contributed by atoms with Crippen LogP contribution in [-0.2, 0) is 28.5 Å². The van der Waals surface area contributed by atoms with Gasteiger partial charge in [-0.25, -0.2) is 9.69 Å². The van der Waals surface area contributed by atoms with Gasteiger partial charge in [-0.15, -0.1) is 0 Å². The molecule has 14 atom stereocenters. The lowest BCUT2D eigenvalue weighted by Crippen LogP contribution is -2.82. The predicted octanol–water partition coefficient (Wildman–Crippen LogP) is 1.38. The van der Waals surface area contributed by atoms with Gasteiger partial charge in [-0.1, -0.05) is 26.0 Å². The molecule has 12 nitrogen and oxygen atoms in total. The van der Waals surface area contributed by atoms with E-state index in [1.165, 1.54) is 0 Å². The molecule has 5 aliphatic carbocycles. The number of aliphatic hydroxyl groups is 3. The fourth-order valence-corrected chi connectivity index (χ4v) is 12.9. The topological polar surface area (TPSA) is 155 Å². The molecule has 1 aromatic carbocycles. The highest BCUT2D eigenvalue weighted by Gasteiger charge is 2.91. The number of nitrogens with zero attached hydrogens (tertiary/aromatic N) is 2. The predicted molar refractivity (Wildman–Crippen MR) is 170 cm³/mol. The number of anilines is 1. The summed E-state index contributed by atoms with van der Waals surface area (Å²) in [6.45, 7) is 4.81. The average Bonchev–Trinajstić information content (AvgIpc) is 3.56. The summed E-state index contributed by atoms with van der Waals surface area (Å²) < 4.78 is 24.8. The lowest BCUT2D eigenvalue weighted by atomic mass is 9.42. The number of amides is 2. The highest BCUT2D eigenvalue weighted by atomic mass is 16.5. The number of rotatable bonds is 8. The van der Waals surface area contributed by atoms with E-state index in [1.807, 2.05) is 6.92 Å². The lowest BCUT2D eigenvalue weighted by molar-refractivity contribution is -0.318. The van der Waals surface area contributed by atoms with E-state index in [0.29, 0.717) is 32.4 Å². The molecule has 0 radical (unpaired) electrons. The molecule has 262 valence electrons. The van der Waals surface area contributed by atoms with Crippen LogP contribution in [-0.4, -0.2) is 121 Å². The number of methoxy groups -OCH3 is 3. The second-order valence-electron chi connectivity index (χ2n) is 15.7. The van der Waals surface area contributed by atoms with Crippen LogP contribution in [0.3, 0.4) is 0 Å². The first-order valence-corrected chi connectivity index (χ1v) is 17.5. The molecule has 2 aliphatic heterocycles. The van der Waals surface area contributed by atoms with Gasteiger partial charge in [-0.3, -0.25) is 14.5 Å². The number of carbonyl (C=O) groups is 3. The van der Waals surface area contributed by atoms with Gasteiger partial charge in [0, 0.05) is 75.2 Å². The van der Waals surface area contributed by atoms with Gasteiger partial charge >= 0.3 is 5.97 Å². The van der Waals surface area contributed by atoms with Gasteiger partial charge in [0.15, 0.2) is 0 Å². The fraction of sp³-hybridized carbons (Fsp3) is 0.750. The lowest BCUT2D eigenvalue weighted by Gasteiger charge is -2.70. The minimum atomic E-state index is -1.77. The van der Waals surface area contributed by atoms with Crippen LogP contribution in [0.1, 0.15) is 56.3 Å². The number of piperidine rings is 1. The van der Waals surface area contributed by atoms with Crippen molar-refractivity contribution in [3.63, 3.8) is 0 Å². The van der Waals surface area contributed by atoms with E-state index < -0.39 is 64.2 Å². The fourth-order valence-electron chi connectivity index (χ4n) is 12.9. The molecule has 7 aliphatic rings. The Balaban J connectivity index is 1.23. The summed E-state index contributed by atoms with van der Waals surface area (Å²) in [4.78, 5) is 43.1. The summed E-state index contributed by atoms with van der Waals surface area (Å²) in [7, 11) is 4.87. The largest absolute Gasteiger partial charge is 0.461 e. The van der Waals surface area contributed by atoms with E-state index in [2.05, 4.69) is 4.90 Å². The number of ether oxygens (including phenoxy) is 4. The number of benzene rings is 1. The molecule has 48 heavy (non-hydrogen) atoms. The summed E-state index contributed by atoms with van der Waals surface area (Å²) in [6.07, 6.45) is -0.287. The van der Waals surface area contributed by atoms with Crippen molar-refractivity contribution in [2.75, 3.05) is 45.9 Å². The van der Waals surface area contributed by atoms with Crippen LogP contribution in [0.2, 0.25) is 0 Å². The molecule has 0 aromatic heterocycles. The highest BCUT2D eigenvalue weighted by Crippen LogP contribution is 2.80. The first-order valence-electron chi connectivity index (χ1n) is 17.5. The molecule has 2 amide bonds. The molecule has 3 N–H and O–H groups in total. The molecule has 2 saturated heterocycles. The van der Waals surface area contributed by atoms with Crippen molar-refractivity contribution in [1.29, 1.82) is 0 Å². The Bertz CT molecular complexity index is 1540. The van der Waals surface area contributed by atoms with Gasteiger partial charge < -0.3 is 34.3 Å². The average molecular weight is 669 g/mol. The van der Waals surface area contributed by atoms with Crippen molar-refractivity contribution in [2.45, 2.75) is 87.6 Å². The Morgan fingerprint density at radius 2 is 1.83 bits per heavy atom. The van der Waals surface area contributed by atoms with Crippen LogP contribution in [0.15, 0.2) is 24.3 Å². The number of para-hydroxylation sites is 1. The van der Waals surface area contributed by atoms with E-state index >= 15 is 0 Å². The third-order valence-corrected chi connectivity index (χ3v) is 14.3. The van der Waals surface area contributed by atoms with Crippen LogP contribution in [0.4, 0.5) is 5.69 Å². The van der Waals surface area contributed by atoms with Crippen LogP contribution in [0, 0.1) is 40.4 Å². The number of likely N-dealkylation sites (N-methyl/N-ethyl adjacent to an activating group) is 1. The maximum atomic E-state index is 14.0. The molecule has 5 saturated carbocycles. The third-order valence-electron chi connectivity index (χ3n) is 14.3. The molecule has 7 fully saturated rings. The number of imide groups is 1. The number of likely N-dealkylation sites (tertiary alicyclic amines) is 1. The number of hydrogen-bond donors (Lipinski definition) is 3. The maximum Gasteiger partial charge on any atom is 0.340 e. The van der Waals surface area contributed by atoms with Crippen molar-refractivity contribution < 1.29 is 48.7 Å². The molecule has 1 spiro atoms. The van der Waals surface area contributed by atoms with E-state index in [4.69, 9.17) is 18.9 Å². The Morgan fingerprint density at radius 1 is 1.08 bits per heavy atom. The zero-order chi connectivity index (χ0) is 34.1. The second-order valence-corrected chi connectivity index (χ2v) is 15.7. The Labute approximate surface area is 280 Å². The van der Waals surface area contributed by atoms with Gasteiger partial charge in [0.1, 0.15) is 11.2 Å². The molecular formula is C36H48N2O10. The first kappa shape index (κ1) is 32.7. The molecule has 7 bridgehead atoms. The standard InChI is InChI=1S/C36H48N2O10/c1-6-37-16-33(17-48-31(42)19-9-7-8-10-22(19)38-25(39)13-18(2)30(38)41)12-11-24(46-4)35-21-14-20-23(45-3)15-34(43,26(21)27(20)40)36(44,32(35)37)29(47-5)28(33)35/h7-10,18,20-21,23-24,26-29,32,40,43-44H,6,11-17H2,1-5H3/t18-,20+,21+,23-,24-,26+,27-,28+,29-,32-,33-,34+,35-,36-/m0/s1. The molecule has 12 heteroatoms. The summed E-state index contributed by atoms with van der Waals surface area (Å²) in [5.74, 6) is -3.18. The zero-order valence-electron chi connectivity index (χ0n) is 28.3.